The molecule has 6 heteroatoms. The Morgan fingerprint density at radius 1 is 1.19 bits per heavy atom. The molecular weight excluding hydrogens is 326 g/mol. The summed E-state index contributed by atoms with van der Waals surface area (Å²) in [6, 6.07) is 10.00. The molecule has 2 aromatic heterocycles. The van der Waals surface area contributed by atoms with Gasteiger partial charge >= 0.3 is 0 Å². The van der Waals surface area contributed by atoms with Gasteiger partial charge in [0.15, 0.2) is 0 Å². The predicted octanol–water partition coefficient (Wildman–Crippen LogP) is 3.40. The number of nitrogens with zero attached hydrogens (tertiary/aromatic N) is 3. The number of benzene rings is 1. The average Bonchev–Trinajstić information content (AvgIpc) is 3.05. The van der Waals surface area contributed by atoms with Crippen molar-refractivity contribution in [1.82, 2.24) is 19.9 Å². The first kappa shape index (κ1) is 17.9. The number of aromatic nitrogens is 3. The first-order valence-electron chi connectivity index (χ1n) is 9.06. The van der Waals surface area contributed by atoms with Crippen molar-refractivity contribution in [2.24, 2.45) is 0 Å². The third-order valence-corrected chi connectivity index (χ3v) is 4.48. The van der Waals surface area contributed by atoms with Gasteiger partial charge in [0.2, 0.25) is 5.95 Å². The van der Waals surface area contributed by atoms with Gasteiger partial charge in [0, 0.05) is 42.4 Å². The van der Waals surface area contributed by atoms with Crippen LogP contribution in [0.1, 0.15) is 35.6 Å². The summed E-state index contributed by atoms with van der Waals surface area (Å²) < 4.78 is 0. The minimum atomic E-state index is -0.0554. The fourth-order valence-electron chi connectivity index (χ4n) is 3.08. The lowest BCUT2D eigenvalue weighted by Crippen LogP contribution is -2.31. The van der Waals surface area contributed by atoms with Crippen molar-refractivity contribution < 1.29 is 4.79 Å². The summed E-state index contributed by atoms with van der Waals surface area (Å²) in [6.45, 7) is 7.85. The minimum absolute atomic E-state index is 0.0554. The maximum atomic E-state index is 12.5. The third kappa shape index (κ3) is 3.85. The van der Waals surface area contributed by atoms with Crippen LogP contribution in [0.4, 0.5) is 5.95 Å². The first-order valence-corrected chi connectivity index (χ1v) is 9.06. The van der Waals surface area contributed by atoms with Crippen LogP contribution in [-0.4, -0.2) is 45.4 Å². The Bertz CT molecular complexity index is 898. The van der Waals surface area contributed by atoms with E-state index >= 15 is 0 Å². The summed E-state index contributed by atoms with van der Waals surface area (Å²) in [6.07, 6.45) is 2.89. The number of amides is 1. The highest BCUT2D eigenvalue weighted by molar-refractivity contribution is 5.92. The maximum Gasteiger partial charge on any atom is 0.272 e. The number of carbonyl (C=O) groups excluding carboxylic acids is 1. The van der Waals surface area contributed by atoms with E-state index in [9.17, 15) is 4.79 Å². The quantitative estimate of drug-likeness (QED) is 0.684. The van der Waals surface area contributed by atoms with Crippen LogP contribution < -0.4 is 5.32 Å². The van der Waals surface area contributed by atoms with Crippen LogP contribution in [-0.2, 0) is 6.42 Å². The molecule has 0 bridgehead atoms. The van der Waals surface area contributed by atoms with E-state index in [-0.39, 0.29) is 5.91 Å². The Hall–Kier alpha value is -2.89. The largest absolute Gasteiger partial charge is 0.361 e. The number of hydrogen-bond acceptors (Lipinski definition) is 4. The van der Waals surface area contributed by atoms with E-state index in [1.807, 2.05) is 39.1 Å². The number of anilines is 1. The van der Waals surface area contributed by atoms with E-state index in [1.54, 1.807) is 11.0 Å². The second-order valence-corrected chi connectivity index (χ2v) is 6.23. The number of aryl methyl sites for hydroxylation is 1. The molecular formula is C20H25N5O. The Balaban J connectivity index is 1.69. The van der Waals surface area contributed by atoms with Crippen LogP contribution in [0.2, 0.25) is 0 Å². The fourth-order valence-corrected chi connectivity index (χ4v) is 3.08. The molecule has 2 N–H and O–H groups in total. The van der Waals surface area contributed by atoms with E-state index in [0.29, 0.717) is 31.3 Å². The van der Waals surface area contributed by atoms with Gasteiger partial charge in [-0.2, -0.15) is 0 Å². The van der Waals surface area contributed by atoms with E-state index in [2.05, 4.69) is 32.4 Å². The molecule has 0 atom stereocenters. The maximum absolute atomic E-state index is 12.5. The van der Waals surface area contributed by atoms with Gasteiger partial charge in [-0.25, -0.2) is 9.97 Å². The molecule has 0 aliphatic heterocycles. The summed E-state index contributed by atoms with van der Waals surface area (Å²) >= 11 is 0. The monoisotopic (exact) mass is 351 g/mol. The number of H-pyrrole nitrogens is 1. The van der Waals surface area contributed by atoms with E-state index in [0.717, 1.165) is 17.6 Å². The lowest BCUT2D eigenvalue weighted by molar-refractivity contribution is 0.0767. The molecule has 1 aromatic carbocycles. The van der Waals surface area contributed by atoms with E-state index in [4.69, 9.17) is 0 Å². The van der Waals surface area contributed by atoms with Crippen LogP contribution in [0.3, 0.4) is 0 Å². The Morgan fingerprint density at radius 2 is 1.96 bits per heavy atom. The third-order valence-electron chi connectivity index (χ3n) is 4.48. The van der Waals surface area contributed by atoms with Crippen LogP contribution >= 0.6 is 0 Å². The average molecular weight is 351 g/mol. The van der Waals surface area contributed by atoms with Gasteiger partial charge in [0.05, 0.1) is 0 Å². The Morgan fingerprint density at radius 3 is 2.73 bits per heavy atom. The van der Waals surface area contributed by atoms with Gasteiger partial charge in [-0.15, -0.1) is 0 Å². The zero-order valence-corrected chi connectivity index (χ0v) is 15.5. The molecule has 0 saturated heterocycles. The number of aromatic amines is 1. The first-order chi connectivity index (χ1) is 12.6. The lowest BCUT2D eigenvalue weighted by atomic mass is 10.1. The minimum Gasteiger partial charge on any atom is -0.361 e. The summed E-state index contributed by atoms with van der Waals surface area (Å²) in [5.74, 6) is 0.445. The molecule has 0 fully saturated rings. The number of fused-ring (bicyclic) bond motifs is 1. The van der Waals surface area contributed by atoms with Crippen molar-refractivity contribution in [1.29, 1.82) is 0 Å². The summed E-state index contributed by atoms with van der Waals surface area (Å²) in [7, 11) is 0. The second kappa shape index (κ2) is 7.99. The van der Waals surface area contributed by atoms with Crippen molar-refractivity contribution in [2.75, 3.05) is 25.0 Å². The topological polar surface area (TPSA) is 73.9 Å². The highest BCUT2D eigenvalue weighted by Gasteiger charge is 2.15. The normalized spacial score (nSPS) is 10.9. The molecule has 2 heterocycles. The van der Waals surface area contributed by atoms with Crippen molar-refractivity contribution in [3.05, 3.63) is 53.5 Å². The standard InChI is InChI=1S/C20H25N5O/c1-4-25(5-2)19(26)18-12-14(3)23-20(24-18)21-11-10-15-13-22-17-9-7-6-8-16(15)17/h6-9,12-13,22H,4-5,10-11H2,1-3H3,(H,21,23,24). The van der Waals surface area contributed by atoms with Gasteiger partial charge in [-0.3, -0.25) is 4.79 Å². The zero-order valence-electron chi connectivity index (χ0n) is 15.5. The molecule has 0 radical (unpaired) electrons. The molecule has 0 saturated carbocycles. The van der Waals surface area contributed by atoms with Crippen LogP contribution in [0.15, 0.2) is 36.5 Å². The highest BCUT2D eigenvalue weighted by Crippen LogP contribution is 2.18. The van der Waals surface area contributed by atoms with Crippen molar-refractivity contribution in [3.8, 4) is 0 Å². The number of para-hydroxylation sites is 1. The molecule has 0 unspecified atom stereocenters. The number of nitrogens with one attached hydrogen (secondary N) is 2. The number of rotatable bonds is 7. The SMILES string of the molecule is CCN(CC)C(=O)c1cc(C)nc(NCCc2c[nH]c3ccccc23)n1. The molecule has 0 aliphatic rings. The second-order valence-electron chi connectivity index (χ2n) is 6.23. The number of carbonyl (C=O) groups is 1. The molecule has 3 aromatic rings. The van der Waals surface area contributed by atoms with Gasteiger partial charge in [0.1, 0.15) is 5.69 Å². The van der Waals surface area contributed by atoms with Gasteiger partial charge in [-0.1, -0.05) is 18.2 Å². The zero-order chi connectivity index (χ0) is 18.5. The van der Waals surface area contributed by atoms with E-state index < -0.39 is 0 Å². The molecule has 6 nitrogen and oxygen atoms in total. The molecule has 26 heavy (non-hydrogen) atoms. The van der Waals surface area contributed by atoms with Gasteiger partial charge in [0.25, 0.3) is 5.91 Å². The summed E-state index contributed by atoms with van der Waals surface area (Å²) in [4.78, 5) is 26.4. The molecule has 1 amide bonds. The Kier molecular flexibility index (Phi) is 5.51. The van der Waals surface area contributed by atoms with Crippen molar-refractivity contribution in [3.63, 3.8) is 0 Å². The van der Waals surface area contributed by atoms with E-state index in [1.165, 1.54) is 10.9 Å². The summed E-state index contributed by atoms with van der Waals surface area (Å²) in [5.41, 5.74) is 3.61. The van der Waals surface area contributed by atoms with Crippen molar-refractivity contribution >= 4 is 22.8 Å². The van der Waals surface area contributed by atoms with Crippen molar-refractivity contribution in [2.45, 2.75) is 27.2 Å². The number of hydrogen-bond donors (Lipinski definition) is 2. The molecule has 0 spiro atoms. The van der Waals surface area contributed by atoms with Crippen LogP contribution in [0.25, 0.3) is 10.9 Å². The smallest absolute Gasteiger partial charge is 0.272 e. The van der Waals surface area contributed by atoms with Crippen LogP contribution in [0.5, 0.6) is 0 Å². The lowest BCUT2D eigenvalue weighted by Gasteiger charge is -2.18. The van der Waals surface area contributed by atoms with Gasteiger partial charge < -0.3 is 15.2 Å². The predicted molar refractivity (Wildman–Crippen MR) is 105 cm³/mol. The molecule has 0 aliphatic carbocycles. The summed E-state index contributed by atoms with van der Waals surface area (Å²) in [5, 5.41) is 4.49. The Labute approximate surface area is 153 Å². The fraction of sp³-hybridized carbons (Fsp3) is 0.350. The molecule has 3 rings (SSSR count). The van der Waals surface area contributed by atoms with Crippen LogP contribution in [0, 0.1) is 6.92 Å². The molecule has 136 valence electrons. The highest BCUT2D eigenvalue weighted by atomic mass is 16.2. The van der Waals surface area contributed by atoms with Gasteiger partial charge in [-0.05, 0) is 44.9 Å².